The van der Waals surface area contributed by atoms with Crippen molar-refractivity contribution in [2.24, 2.45) is 0 Å². The summed E-state index contributed by atoms with van der Waals surface area (Å²) in [6, 6.07) is 12.9. The summed E-state index contributed by atoms with van der Waals surface area (Å²) in [4.78, 5) is 25.3. The van der Waals surface area contributed by atoms with Gasteiger partial charge in [-0.1, -0.05) is 24.3 Å². The number of pyridine rings is 1. The number of carbonyl (C=O) groups excluding carboxylic acids is 1. The lowest BCUT2D eigenvalue weighted by Gasteiger charge is -2.33. The van der Waals surface area contributed by atoms with Crippen molar-refractivity contribution >= 4 is 23.2 Å². The van der Waals surface area contributed by atoms with Crippen molar-refractivity contribution in [3.63, 3.8) is 0 Å². The molecular formula is C21H22N4O2. The molecule has 2 fully saturated rings. The van der Waals surface area contributed by atoms with E-state index in [1.54, 1.807) is 6.20 Å². The van der Waals surface area contributed by atoms with E-state index in [-0.39, 0.29) is 5.91 Å². The van der Waals surface area contributed by atoms with Crippen molar-refractivity contribution in [2.75, 3.05) is 31.1 Å². The highest BCUT2D eigenvalue weighted by Crippen LogP contribution is 2.39. The Bertz CT molecular complexity index is 921. The van der Waals surface area contributed by atoms with Crippen molar-refractivity contribution in [1.82, 2.24) is 14.9 Å². The van der Waals surface area contributed by atoms with E-state index in [4.69, 9.17) is 4.42 Å². The van der Waals surface area contributed by atoms with E-state index >= 15 is 0 Å². The van der Waals surface area contributed by atoms with Crippen LogP contribution in [0.3, 0.4) is 0 Å². The predicted molar refractivity (Wildman–Crippen MR) is 103 cm³/mol. The number of hydrogen-bond donors (Lipinski definition) is 0. The maximum atomic E-state index is 12.6. The van der Waals surface area contributed by atoms with Gasteiger partial charge in [-0.2, -0.15) is 4.98 Å². The minimum Gasteiger partial charge on any atom is -0.404 e. The first kappa shape index (κ1) is 16.3. The number of fused-ring (bicyclic) bond motifs is 1. The van der Waals surface area contributed by atoms with Crippen LogP contribution in [-0.4, -0.2) is 47.0 Å². The minimum absolute atomic E-state index is 0.188. The number of rotatable bonds is 4. The number of carbonyl (C=O) groups is 1. The highest BCUT2D eigenvalue weighted by molar-refractivity contribution is 5.79. The first-order chi connectivity index (χ1) is 13.3. The van der Waals surface area contributed by atoms with Gasteiger partial charge in [-0.3, -0.25) is 4.79 Å². The Labute approximate surface area is 157 Å². The molecule has 0 atom stereocenters. The molecule has 1 saturated carbocycles. The van der Waals surface area contributed by atoms with Gasteiger partial charge < -0.3 is 14.2 Å². The van der Waals surface area contributed by atoms with E-state index in [1.807, 2.05) is 17.0 Å². The topological polar surface area (TPSA) is 62.5 Å². The van der Waals surface area contributed by atoms with Gasteiger partial charge in [-0.05, 0) is 42.0 Å². The molecule has 1 aromatic carbocycles. The Hall–Kier alpha value is -2.89. The summed E-state index contributed by atoms with van der Waals surface area (Å²) < 4.78 is 5.73. The molecule has 0 bridgehead atoms. The van der Waals surface area contributed by atoms with Crippen molar-refractivity contribution in [3.8, 4) is 0 Å². The Morgan fingerprint density at radius 1 is 1.07 bits per heavy atom. The van der Waals surface area contributed by atoms with Gasteiger partial charge in [0.05, 0.1) is 6.42 Å². The molecule has 6 nitrogen and oxygen atoms in total. The van der Waals surface area contributed by atoms with Crippen LogP contribution < -0.4 is 4.90 Å². The quantitative estimate of drug-likeness (QED) is 0.714. The molecule has 0 unspecified atom stereocenters. The molecule has 2 aliphatic rings. The maximum absolute atomic E-state index is 12.6. The third kappa shape index (κ3) is 3.39. The first-order valence-corrected chi connectivity index (χ1v) is 9.59. The highest BCUT2D eigenvalue weighted by Gasteiger charge is 2.25. The maximum Gasteiger partial charge on any atom is 0.299 e. The van der Waals surface area contributed by atoms with E-state index in [2.05, 4.69) is 39.1 Å². The van der Waals surface area contributed by atoms with Gasteiger partial charge in [0.15, 0.2) is 0 Å². The zero-order chi connectivity index (χ0) is 18.2. The van der Waals surface area contributed by atoms with Crippen LogP contribution >= 0.6 is 0 Å². The van der Waals surface area contributed by atoms with Crippen LogP contribution in [0.15, 0.2) is 47.0 Å². The number of amides is 1. The van der Waals surface area contributed by atoms with Crippen molar-refractivity contribution in [3.05, 3.63) is 53.7 Å². The second-order valence-corrected chi connectivity index (χ2v) is 7.38. The monoisotopic (exact) mass is 362 g/mol. The van der Waals surface area contributed by atoms with E-state index < -0.39 is 0 Å². The largest absolute Gasteiger partial charge is 0.404 e. The Morgan fingerprint density at radius 3 is 2.56 bits per heavy atom. The molecule has 3 aromatic rings. The fourth-order valence-corrected chi connectivity index (χ4v) is 3.65. The molecule has 1 amide bonds. The summed E-state index contributed by atoms with van der Waals surface area (Å²) in [5.41, 5.74) is 3.82. The van der Waals surface area contributed by atoms with Crippen LogP contribution in [0.5, 0.6) is 0 Å². The molecule has 1 aliphatic heterocycles. The Morgan fingerprint density at radius 2 is 1.85 bits per heavy atom. The average molecular weight is 362 g/mol. The summed E-state index contributed by atoms with van der Waals surface area (Å²) in [5.74, 6) is 0.943. The third-order valence-electron chi connectivity index (χ3n) is 5.44. The van der Waals surface area contributed by atoms with Crippen LogP contribution in [0.1, 0.15) is 29.9 Å². The number of oxazole rings is 1. The smallest absolute Gasteiger partial charge is 0.299 e. The predicted octanol–water partition coefficient (Wildman–Crippen LogP) is 2.99. The van der Waals surface area contributed by atoms with Gasteiger partial charge in [-0.25, -0.2) is 4.98 Å². The lowest BCUT2D eigenvalue weighted by atomic mass is 10.1. The molecule has 0 radical (unpaired) electrons. The zero-order valence-corrected chi connectivity index (χ0v) is 15.2. The number of piperazine rings is 1. The van der Waals surface area contributed by atoms with Crippen molar-refractivity contribution in [2.45, 2.75) is 25.2 Å². The third-order valence-corrected chi connectivity index (χ3v) is 5.44. The van der Waals surface area contributed by atoms with E-state index in [0.29, 0.717) is 31.2 Å². The number of anilines is 1. The summed E-state index contributed by atoms with van der Waals surface area (Å²) in [7, 11) is 0. The Kier molecular flexibility index (Phi) is 4.03. The summed E-state index contributed by atoms with van der Waals surface area (Å²) in [5, 5.41) is 0. The Balaban J connectivity index is 1.18. The second kappa shape index (κ2) is 6.68. The number of aromatic nitrogens is 2. The number of benzene rings is 1. The molecule has 0 N–H and O–H groups in total. The SMILES string of the molecule is O=C(Cc1ccc(C2CC2)cc1)N1CCN(c2nc3cccnc3o2)CC1. The lowest BCUT2D eigenvalue weighted by molar-refractivity contribution is -0.130. The van der Waals surface area contributed by atoms with E-state index in [1.165, 1.54) is 18.4 Å². The fraction of sp³-hybridized carbons (Fsp3) is 0.381. The first-order valence-electron chi connectivity index (χ1n) is 9.59. The van der Waals surface area contributed by atoms with Crippen LogP contribution in [0, 0.1) is 0 Å². The molecule has 3 heterocycles. The van der Waals surface area contributed by atoms with Gasteiger partial charge >= 0.3 is 0 Å². The molecule has 1 saturated heterocycles. The normalized spacial score (nSPS) is 17.5. The molecule has 6 heteroatoms. The highest BCUT2D eigenvalue weighted by atomic mass is 16.4. The molecule has 1 aliphatic carbocycles. The van der Waals surface area contributed by atoms with Gasteiger partial charge in [0, 0.05) is 32.4 Å². The van der Waals surface area contributed by atoms with Gasteiger partial charge in [0.2, 0.25) is 11.6 Å². The van der Waals surface area contributed by atoms with E-state index in [9.17, 15) is 4.79 Å². The molecule has 27 heavy (non-hydrogen) atoms. The number of hydrogen-bond acceptors (Lipinski definition) is 5. The van der Waals surface area contributed by atoms with Crippen LogP contribution in [0.2, 0.25) is 0 Å². The number of nitrogens with zero attached hydrogens (tertiary/aromatic N) is 4. The summed E-state index contributed by atoms with van der Waals surface area (Å²) in [6.07, 6.45) is 4.78. The van der Waals surface area contributed by atoms with Crippen LogP contribution in [0.25, 0.3) is 11.2 Å². The molecule has 0 spiro atoms. The summed E-state index contributed by atoms with van der Waals surface area (Å²) >= 11 is 0. The van der Waals surface area contributed by atoms with Gasteiger partial charge in [0.1, 0.15) is 5.52 Å². The molecule has 2 aromatic heterocycles. The molecule has 5 rings (SSSR count). The molecular weight excluding hydrogens is 340 g/mol. The molecule has 138 valence electrons. The standard InChI is InChI=1S/C21H22N4O2/c26-19(14-15-3-5-16(6-4-15)17-7-8-17)24-10-12-25(13-11-24)21-23-18-2-1-9-22-20(18)27-21/h1-6,9,17H,7-8,10-14H2. The van der Waals surface area contributed by atoms with Crippen molar-refractivity contribution < 1.29 is 9.21 Å². The van der Waals surface area contributed by atoms with Gasteiger partial charge in [-0.15, -0.1) is 0 Å². The van der Waals surface area contributed by atoms with Crippen LogP contribution in [-0.2, 0) is 11.2 Å². The second-order valence-electron chi connectivity index (χ2n) is 7.38. The van der Waals surface area contributed by atoms with E-state index in [0.717, 1.165) is 30.1 Å². The fourth-order valence-electron chi connectivity index (χ4n) is 3.65. The zero-order valence-electron chi connectivity index (χ0n) is 15.2. The van der Waals surface area contributed by atoms with Gasteiger partial charge in [0.25, 0.3) is 6.01 Å². The van der Waals surface area contributed by atoms with Crippen LogP contribution in [0.4, 0.5) is 6.01 Å². The average Bonchev–Trinajstić information content (AvgIpc) is 3.47. The summed E-state index contributed by atoms with van der Waals surface area (Å²) in [6.45, 7) is 2.81. The lowest BCUT2D eigenvalue weighted by Crippen LogP contribution is -2.49. The van der Waals surface area contributed by atoms with Crippen molar-refractivity contribution in [1.29, 1.82) is 0 Å². The minimum atomic E-state index is 0.188.